The Bertz CT molecular complexity index is 531. The van der Waals surface area contributed by atoms with Crippen LogP contribution in [-0.4, -0.2) is 29.7 Å². The van der Waals surface area contributed by atoms with Gasteiger partial charge in [0.2, 0.25) is 5.60 Å². The molecule has 116 valence electrons. The number of oxime groups is 1. The summed E-state index contributed by atoms with van der Waals surface area (Å²) in [6.07, 6.45) is 0.0772. The normalized spacial score (nSPS) is 20.0. The summed E-state index contributed by atoms with van der Waals surface area (Å²) in [6.45, 7) is 4.00. The molecule has 0 fully saturated rings. The van der Waals surface area contributed by atoms with Crippen LogP contribution in [0.2, 0.25) is 0 Å². The number of methoxy groups -OCH3 is 1. The molecular formula is C14H16BrF2NO3. The molecule has 0 saturated heterocycles. The van der Waals surface area contributed by atoms with Gasteiger partial charge < -0.3 is 9.57 Å². The molecule has 0 aliphatic carbocycles. The summed E-state index contributed by atoms with van der Waals surface area (Å²) in [5, 5.41) is 3.90. The molecule has 0 spiro atoms. The maximum Gasteiger partial charge on any atom is 0.354 e. The van der Waals surface area contributed by atoms with Crippen LogP contribution >= 0.6 is 15.9 Å². The molecule has 1 heterocycles. The largest absolute Gasteiger partial charge is 0.466 e. The van der Waals surface area contributed by atoms with E-state index in [2.05, 4.69) is 25.8 Å². The van der Waals surface area contributed by atoms with Crippen LogP contribution in [0.4, 0.5) is 8.78 Å². The van der Waals surface area contributed by atoms with Crippen molar-refractivity contribution in [3.05, 3.63) is 35.4 Å². The zero-order valence-electron chi connectivity index (χ0n) is 12.0. The van der Waals surface area contributed by atoms with Crippen LogP contribution in [-0.2, 0) is 14.4 Å². The van der Waals surface area contributed by atoms with Crippen molar-refractivity contribution in [2.75, 3.05) is 12.4 Å². The van der Waals surface area contributed by atoms with Gasteiger partial charge in [0.15, 0.2) is 0 Å². The smallest absolute Gasteiger partial charge is 0.354 e. The highest BCUT2D eigenvalue weighted by molar-refractivity contribution is 9.09. The Balaban J connectivity index is 0.00000106. The van der Waals surface area contributed by atoms with Gasteiger partial charge in [-0.2, -0.15) is 0 Å². The van der Waals surface area contributed by atoms with E-state index in [1.807, 2.05) is 13.8 Å². The monoisotopic (exact) mass is 363 g/mol. The van der Waals surface area contributed by atoms with Crippen molar-refractivity contribution in [1.29, 1.82) is 0 Å². The lowest BCUT2D eigenvalue weighted by Crippen LogP contribution is -2.41. The zero-order chi connectivity index (χ0) is 16.0. The van der Waals surface area contributed by atoms with E-state index in [0.29, 0.717) is 5.71 Å². The molecule has 2 rings (SSSR count). The van der Waals surface area contributed by atoms with Crippen LogP contribution in [0.1, 0.15) is 25.8 Å². The SMILES string of the molecule is CC.COC(=O)C1(CBr)CC(c2cc(F)cc(F)c2)=NO1. The fourth-order valence-electron chi connectivity index (χ4n) is 1.77. The fourth-order valence-corrected chi connectivity index (χ4v) is 2.30. The Labute approximate surface area is 130 Å². The van der Waals surface area contributed by atoms with E-state index < -0.39 is 23.2 Å². The lowest BCUT2D eigenvalue weighted by Gasteiger charge is -2.20. The molecule has 0 radical (unpaired) electrons. The number of alkyl halides is 1. The highest BCUT2D eigenvalue weighted by Crippen LogP contribution is 2.30. The molecular weight excluding hydrogens is 348 g/mol. The van der Waals surface area contributed by atoms with Crippen LogP contribution in [0.15, 0.2) is 23.4 Å². The number of ether oxygens (including phenoxy) is 1. The summed E-state index contributed by atoms with van der Waals surface area (Å²) in [5.74, 6) is -2.03. The number of esters is 1. The molecule has 1 unspecified atom stereocenters. The van der Waals surface area contributed by atoms with E-state index in [4.69, 9.17) is 4.84 Å². The number of carbonyl (C=O) groups excluding carboxylic acids is 1. The Morgan fingerprint density at radius 1 is 1.38 bits per heavy atom. The van der Waals surface area contributed by atoms with Crippen LogP contribution in [0.5, 0.6) is 0 Å². The first-order valence-electron chi connectivity index (χ1n) is 6.36. The fraction of sp³-hybridized carbons (Fsp3) is 0.429. The standard InChI is InChI=1S/C12H10BrF2NO3.C2H6/c1-18-11(17)12(6-13)5-10(16-19-12)7-2-8(14)4-9(15)3-7;1-2/h2-4H,5-6H2,1H3;1-2H3. The third-order valence-corrected chi connectivity index (χ3v) is 3.66. The minimum Gasteiger partial charge on any atom is -0.466 e. The summed E-state index contributed by atoms with van der Waals surface area (Å²) in [4.78, 5) is 16.8. The van der Waals surface area contributed by atoms with Gasteiger partial charge in [0, 0.05) is 18.1 Å². The van der Waals surface area contributed by atoms with Crippen molar-refractivity contribution >= 4 is 27.6 Å². The van der Waals surface area contributed by atoms with Gasteiger partial charge in [-0.15, -0.1) is 0 Å². The molecule has 1 aromatic carbocycles. The van der Waals surface area contributed by atoms with E-state index in [1.165, 1.54) is 7.11 Å². The summed E-state index contributed by atoms with van der Waals surface area (Å²) in [6, 6.07) is 3.03. The number of halogens is 3. The summed E-state index contributed by atoms with van der Waals surface area (Å²) in [5.41, 5.74) is -0.750. The van der Waals surface area contributed by atoms with Gasteiger partial charge in [0.1, 0.15) is 11.6 Å². The van der Waals surface area contributed by atoms with Crippen molar-refractivity contribution in [1.82, 2.24) is 0 Å². The number of nitrogens with zero attached hydrogens (tertiary/aromatic N) is 1. The number of hydrogen-bond donors (Lipinski definition) is 0. The van der Waals surface area contributed by atoms with Gasteiger partial charge in [-0.3, -0.25) is 0 Å². The molecule has 7 heteroatoms. The molecule has 21 heavy (non-hydrogen) atoms. The average Bonchev–Trinajstić information content (AvgIpc) is 2.93. The highest BCUT2D eigenvalue weighted by atomic mass is 79.9. The van der Waals surface area contributed by atoms with Gasteiger partial charge in [0.25, 0.3) is 0 Å². The molecule has 4 nitrogen and oxygen atoms in total. The molecule has 0 N–H and O–H groups in total. The molecule has 0 aromatic heterocycles. The highest BCUT2D eigenvalue weighted by Gasteiger charge is 2.47. The van der Waals surface area contributed by atoms with E-state index in [9.17, 15) is 13.6 Å². The summed E-state index contributed by atoms with van der Waals surface area (Å²) >= 11 is 3.16. The second kappa shape index (κ2) is 7.49. The molecule has 0 amide bonds. The average molecular weight is 364 g/mol. The van der Waals surface area contributed by atoms with E-state index >= 15 is 0 Å². The van der Waals surface area contributed by atoms with Crippen molar-refractivity contribution in [2.45, 2.75) is 25.9 Å². The minimum absolute atomic E-state index is 0.0772. The topological polar surface area (TPSA) is 47.9 Å². The maximum absolute atomic E-state index is 13.1. The lowest BCUT2D eigenvalue weighted by atomic mass is 9.96. The number of benzene rings is 1. The minimum atomic E-state index is -1.28. The van der Waals surface area contributed by atoms with Gasteiger partial charge in [-0.1, -0.05) is 34.9 Å². The van der Waals surface area contributed by atoms with Crippen molar-refractivity contribution in [2.24, 2.45) is 5.16 Å². The van der Waals surface area contributed by atoms with Gasteiger partial charge in [-0.25, -0.2) is 13.6 Å². The predicted molar refractivity (Wildman–Crippen MR) is 78.5 cm³/mol. The predicted octanol–water partition coefficient (Wildman–Crippen LogP) is 3.42. The number of rotatable bonds is 3. The maximum atomic E-state index is 13.1. The van der Waals surface area contributed by atoms with Crippen LogP contribution in [0.25, 0.3) is 0 Å². The Kier molecular flexibility index (Phi) is 6.26. The van der Waals surface area contributed by atoms with Crippen LogP contribution in [0, 0.1) is 11.6 Å². The lowest BCUT2D eigenvalue weighted by molar-refractivity contribution is -0.163. The second-order valence-corrected chi connectivity index (χ2v) is 4.64. The molecule has 1 aliphatic heterocycles. The van der Waals surface area contributed by atoms with E-state index in [-0.39, 0.29) is 17.3 Å². The Hall–Kier alpha value is -1.50. The van der Waals surface area contributed by atoms with Crippen LogP contribution in [0.3, 0.4) is 0 Å². The summed E-state index contributed by atoms with van der Waals surface area (Å²) < 4.78 is 30.9. The molecule has 1 aliphatic rings. The number of hydrogen-bond acceptors (Lipinski definition) is 4. The van der Waals surface area contributed by atoms with Gasteiger partial charge >= 0.3 is 5.97 Å². The Morgan fingerprint density at radius 3 is 2.43 bits per heavy atom. The second-order valence-electron chi connectivity index (χ2n) is 4.08. The van der Waals surface area contributed by atoms with Crippen molar-refractivity contribution < 1.29 is 23.1 Å². The first-order chi connectivity index (χ1) is 10.0. The first-order valence-corrected chi connectivity index (χ1v) is 7.49. The third-order valence-electron chi connectivity index (χ3n) is 2.75. The summed E-state index contributed by atoms with van der Waals surface area (Å²) in [7, 11) is 1.23. The van der Waals surface area contributed by atoms with E-state index in [0.717, 1.165) is 18.2 Å². The van der Waals surface area contributed by atoms with E-state index in [1.54, 1.807) is 0 Å². The molecule has 1 aromatic rings. The first kappa shape index (κ1) is 17.6. The molecule has 1 atom stereocenters. The zero-order valence-corrected chi connectivity index (χ0v) is 13.5. The Morgan fingerprint density at radius 2 is 1.95 bits per heavy atom. The van der Waals surface area contributed by atoms with Crippen LogP contribution < -0.4 is 0 Å². The third kappa shape index (κ3) is 3.78. The molecule has 0 saturated carbocycles. The van der Waals surface area contributed by atoms with Crippen molar-refractivity contribution in [3.8, 4) is 0 Å². The number of carbonyl (C=O) groups is 1. The van der Waals surface area contributed by atoms with Crippen molar-refractivity contribution in [3.63, 3.8) is 0 Å². The van der Waals surface area contributed by atoms with Gasteiger partial charge in [0.05, 0.1) is 18.2 Å². The molecule has 0 bridgehead atoms. The quantitative estimate of drug-likeness (QED) is 0.610. The van der Waals surface area contributed by atoms with Gasteiger partial charge in [-0.05, 0) is 12.1 Å².